The number of carbonyl (C=O) groups excluding carboxylic acids is 1. The minimum Gasteiger partial charge on any atom is -0.335 e. The van der Waals surface area contributed by atoms with Crippen LogP contribution in [0.4, 0.5) is 0 Å². The van der Waals surface area contributed by atoms with Gasteiger partial charge in [0, 0.05) is 12.1 Å². The topological polar surface area (TPSA) is 32.3 Å². The molecule has 1 saturated heterocycles. The van der Waals surface area contributed by atoms with Crippen LogP contribution in [0, 0.1) is 5.92 Å². The summed E-state index contributed by atoms with van der Waals surface area (Å²) in [7, 11) is 0. The first-order chi connectivity index (χ1) is 7.27. The zero-order chi connectivity index (χ0) is 10.4. The predicted octanol–water partition coefficient (Wildman–Crippen LogP) is 1.56. The first-order valence-electron chi connectivity index (χ1n) is 6.33. The van der Waals surface area contributed by atoms with E-state index in [-0.39, 0.29) is 18.4 Å². The summed E-state index contributed by atoms with van der Waals surface area (Å²) < 4.78 is 0. The van der Waals surface area contributed by atoms with Gasteiger partial charge in [0.2, 0.25) is 5.91 Å². The zero-order valence-corrected chi connectivity index (χ0v) is 10.6. The van der Waals surface area contributed by atoms with Crippen LogP contribution in [0.25, 0.3) is 0 Å². The Morgan fingerprint density at radius 3 is 2.25 bits per heavy atom. The minimum absolute atomic E-state index is 0. The Hall–Kier alpha value is -0.280. The van der Waals surface area contributed by atoms with E-state index in [2.05, 4.69) is 17.1 Å². The lowest BCUT2D eigenvalue weighted by Crippen LogP contribution is -2.57. The molecule has 2 atom stereocenters. The molecule has 1 amide bonds. The zero-order valence-electron chi connectivity index (χ0n) is 9.82. The van der Waals surface area contributed by atoms with Crippen molar-refractivity contribution < 1.29 is 4.79 Å². The number of hydrogen-bond donors (Lipinski definition) is 1. The van der Waals surface area contributed by atoms with Crippen molar-refractivity contribution in [2.24, 2.45) is 5.92 Å². The van der Waals surface area contributed by atoms with Gasteiger partial charge in [0.1, 0.15) is 0 Å². The molecule has 0 radical (unpaired) electrons. The smallest absolute Gasteiger partial charge is 0.240 e. The number of nitrogens with one attached hydrogen (secondary N) is 1. The highest BCUT2D eigenvalue weighted by molar-refractivity contribution is 5.85. The van der Waals surface area contributed by atoms with Crippen molar-refractivity contribution in [3.63, 3.8) is 0 Å². The van der Waals surface area contributed by atoms with Crippen LogP contribution in [-0.4, -0.2) is 35.5 Å². The average molecular weight is 245 g/mol. The molecule has 3 aliphatic rings. The first kappa shape index (κ1) is 12.2. The molecule has 1 aliphatic heterocycles. The molecule has 1 unspecified atom stereocenters. The van der Waals surface area contributed by atoms with Crippen LogP contribution in [0.3, 0.4) is 0 Å². The molecule has 0 aromatic heterocycles. The number of carbonyl (C=O) groups is 1. The maximum atomic E-state index is 12.2. The summed E-state index contributed by atoms with van der Waals surface area (Å²) >= 11 is 0. The van der Waals surface area contributed by atoms with Gasteiger partial charge in [0.05, 0.1) is 6.04 Å². The summed E-state index contributed by atoms with van der Waals surface area (Å²) in [6.07, 6.45) is 6.16. The lowest BCUT2D eigenvalue weighted by Gasteiger charge is -2.36. The molecule has 0 aromatic carbocycles. The molecule has 0 aromatic rings. The van der Waals surface area contributed by atoms with E-state index in [0.717, 1.165) is 18.9 Å². The van der Waals surface area contributed by atoms with Crippen molar-refractivity contribution in [3.8, 4) is 0 Å². The summed E-state index contributed by atoms with van der Waals surface area (Å²) in [5.41, 5.74) is 0. The van der Waals surface area contributed by atoms with Gasteiger partial charge in [-0.05, 0) is 51.5 Å². The Morgan fingerprint density at radius 2 is 1.88 bits per heavy atom. The van der Waals surface area contributed by atoms with Crippen LogP contribution in [-0.2, 0) is 4.79 Å². The second-order valence-electron chi connectivity index (χ2n) is 5.35. The van der Waals surface area contributed by atoms with E-state index in [4.69, 9.17) is 0 Å². The maximum absolute atomic E-state index is 12.2. The monoisotopic (exact) mass is 244 g/mol. The van der Waals surface area contributed by atoms with Gasteiger partial charge < -0.3 is 10.2 Å². The molecule has 2 aliphatic carbocycles. The largest absolute Gasteiger partial charge is 0.335 e. The predicted molar refractivity (Wildman–Crippen MR) is 65.7 cm³/mol. The second-order valence-corrected chi connectivity index (χ2v) is 5.35. The molecular formula is C12H21ClN2O. The Morgan fingerprint density at radius 1 is 1.25 bits per heavy atom. The Labute approximate surface area is 103 Å². The molecule has 16 heavy (non-hydrogen) atoms. The van der Waals surface area contributed by atoms with E-state index >= 15 is 0 Å². The van der Waals surface area contributed by atoms with E-state index in [0.29, 0.717) is 18.0 Å². The second kappa shape index (κ2) is 4.53. The maximum Gasteiger partial charge on any atom is 0.240 e. The van der Waals surface area contributed by atoms with Crippen molar-refractivity contribution in [2.45, 2.75) is 57.2 Å². The highest BCUT2D eigenvalue weighted by Crippen LogP contribution is 2.40. The molecule has 3 rings (SSSR count). The number of halogens is 1. The highest BCUT2D eigenvalue weighted by atomic mass is 35.5. The molecule has 3 nitrogen and oxygen atoms in total. The fraction of sp³-hybridized carbons (Fsp3) is 0.917. The minimum atomic E-state index is 0. The quantitative estimate of drug-likeness (QED) is 0.814. The van der Waals surface area contributed by atoms with Gasteiger partial charge in [0.15, 0.2) is 0 Å². The fourth-order valence-corrected chi connectivity index (χ4v) is 2.55. The van der Waals surface area contributed by atoms with Crippen molar-refractivity contribution in [2.75, 3.05) is 6.54 Å². The Balaban J connectivity index is 0.000000963. The summed E-state index contributed by atoms with van der Waals surface area (Å²) in [4.78, 5) is 14.4. The third-order valence-electron chi connectivity index (χ3n) is 4.06. The van der Waals surface area contributed by atoms with Crippen molar-refractivity contribution in [3.05, 3.63) is 0 Å². The molecule has 4 heteroatoms. The van der Waals surface area contributed by atoms with E-state index < -0.39 is 0 Å². The molecule has 3 fully saturated rings. The number of hydrogen-bond acceptors (Lipinski definition) is 2. The van der Waals surface area contributed by atoms with Crippen molar-refractivity contribution >= 4 is 18.3 Å². The molecule has 2 saturated carbocycles. The number of nitrogens with zero attached hydrogens (tertiary/aromatic N) is 1. The van der Waals surface area contributed by atoms with Crippen molar-refractivity contribution in [1.82, 2.24) is 10.2 Å². The van der Waals surface area contributed by atoms with E-state index in [1.165, 1.54) is 25.7 Å². The van der Waals surface area contributed by atoms with Crippen LogP contribution < -0.4 is 5.32 Å². The summed E-state index contributed by atoms with van der Waals surface area (Å²) in [5.74, 6) is 1.18. The highest BCUT2D eigenvalue weighted by Gasteiger charge is 2.44. The fourth-order valence-electron chi connectivity index (χ4n) is 2.55. The molecule has 0 spiro atoms. The van der Waals surface area contributed by atoms with Gasteiger partial charge in [0.25, 0.3) is 0 Å². The van der Waals surface area contributed by atoms with Gasteiger partial charge in [-0.2, -0.15) is 0 Å². The Bertz CT molecular complexity index is 272. The van der Waals surface area contributed by atoms with E-state index in [1.807, 2.05) is 0 Å². The van der Waals surface area contributed by atoms with Crippen LogP contribution >= 0.6 is 12.4 Å². The van der Waals surface area contributed by atoms with Crippen LogP contribution in [0.15, 0.2) is 0 Å². The summed E-state index contributed by atoms with van der Waals surface area (Å²) in [6, 6.07) is 1.22. The normalized spacial score (nSPS) is 29.9. The molecule has 0 bridgehead atoms. The van der Waals surface area contributed by atoms with E-state index in [1.54, 1.807) is 0 Å². The molecule has 92 valence electrons. The molecule has 1 heterocycles. The average Bonchev–Trinajstić information content (AvgIpc) is 2.97. The first-order valence-corrected chi connectivity index (χ1v) is 6.33. The van der Waals surface area contributed by atoms with Gasteiger partial charge in [-0.15, -0.1) is 12.4 Å². The van der Waals surface area contributed by atoms with Crippen LogP contribution in [0.1, 0.15) is 39.0 Å². The van der Waals surface area contributed by atoms with Gasteiger partial charge in [-0.3, -0.25) is 4.79 Å². The SMILES string of the molecule is CC(C1CC1)N(C(=O)[C@H]1CCN1)C1CC1.Cl. The van der Waals surface area contributed by atoms with Crippen LogP contribution in [0.5, 0.6) is 0 Å². The summed E-state index contributed by atoms with van der Waals surface area (Å²) in [5, 5.41) is 3.23. The number of amides is 1. The molecular weight excluding hydrogens is 224 g/mol. The third kappa shape index (κ3) is 2.21. The summed E-state index contributed by atoms with van der Waals surface area (Å²) in [6.45, 7) is 3.26. The third-order valence-corrected chi connectivity index (χ3v) is 4.06. The van der Waals surface area contributed by atoms with E-state index in [9.17, 15) is 4.79 Å². The standard InChI is InChI=1S/C12H20N2O.ClH/c1-8(9-2-3-9)14(10-4-5-10)12(15)11-6-7-13-11;/h8-11,13H,2-7H2,1H3;1H/t8?,11-;/m1./s1. The molecule has 1 N–H and O–H groups in total. The van der Waals surface area contributed by atoms with Crippen molar-refractivity contribution in [1.29, 1.82) is 0 Å². The number of rotatable bonds is 4. The van der Waals surface area contributed by atoms with Gasteiger partial charge in [-0.1, -0.05) is 0 Å². The van der Waals surface area contributed by atoms with Gasteiger partial charge in [-0.25, -0.2) is 0 Å². The van der Waals surface area contributed by atoms with Gasteiger partial charge >= 0.3 is 0 Å². The lowest BCUT2D eigenvalue weighted by molar-refractivity contribution is -0.138. The Kier molecular flexibility index (Phi) is 3.45. The lowest BCUT2D eigenvalue weighted by atomic mass is 10.0. The van der Waals surface area contributed by atoms with Crippen LogP contribution in [0.2, 0.25) is 0 Å².